The Bertz CT molecular complexity index is 508. The quantitative estimate of drug-likeness (QED) is 0.795. The Balaban J connectivity index is 2.31. The second kappa shape index (κ2) is 3.87. The zero-order chi connectivity index (χ0) is 12.6. The standard InChI is InChI=1S/C11H16N4O2/c1-11(2,3)8-6-7(16-13-8)9-12-10(14-17-9)15(4)5/h6H,1-5H3. The van der Waals surface area contributed by atoms with E-state index in [0.29, 0.717) is 17.6 Å². The van der Waals surface area contributed by atoms with Crippen molar-refractivity contribution in [1.29, 1.82) is 0 Å². The van der Waals surface area contributed by atoms with Crippen LogP contribution in [0.2, 0.25) is 0 Å². The summed E-state index contributed by atoms with van der Waals surface area (Å²) >= 11 is 0. The van der Waals surface area contributed by atoms with Crippen LogP contribution in [0.25, 0.3) is 11.7 Å². The van der Waals surface area contributed by atoms with Crippen LogP contribution < -0.4 is 4.90 Å². The minimum Gasteiger partial charge on any atom is -0.351 e. The van der Waals surface area contributed by atoms with E-state index in [9.17, 15) is 0 Å². The predicted molar refractivity (Wildman–Crippen MR) is 62.8 cm³/mol. The smallest absolute Gasteiger partial charge is 0.298 e. The highest BCUT2D eigenvalue weighted by Crippen LogP contribution is 2.26. The highest BCUT2D eigenvalue weighted by atomic mass is 16.5. The Morgan fingerprint density at radius 3 is 2.29 bits per heavy atom. The van der Waals surface area contributed by atoms with Gasteiger partial charge in [-0.25, -0.2) is 0 Å². The molecule has 0 spiro atoms. The van der Waals surface area contributed by atoms with E-state index >= 15 is 0 Å². The average Bonchev–Trinajstić information content (AvgIpc) is 2.85. The Labute approximate surface area is 99.6 Å². The number of anilines is 1. The van der Waals surface area contributed by atoms with Crippen LogP contribution in [0.5, 0.6) is 0 Å². The van der Waals surface area contributed by atoms with Crippen LogP contribution in [0.3, 0.4) is 0 Å². The van der Waals surface area contributed by atoms with Crippen LogP contribution in [0.4, 0.5) is 5.95 Å². The molecule has 92 valence electrons. The van der Waals surface area contributed by atoms with Gasteiger partial charge < -0.3 is 13.9 Å². The van der Waals surface area contributed by atoms with Crippen LogP contribution in [0.15, 0.2) is 15.1 Å². The van der Waals surface area contributed by atoms with E-state index in [-0.39, 0.29) is 5.41 Å². The van der Waals surface area contributed by atoms with Crippen LogP contribution in [0.1, 0.15) is 26.5 Å². The van der Waals surface area contributed by atoms with E-state index in [1.165, 1.54) is 0 Å². The molecule has 0 atom stereocenters. The number of aromatic nitrogens is 3. The van der Waals surface area contributed by atoms with Gasteiger partial charge in [-0.15, -0.1) is 0 Å². The normalized spacial score (nSPS) is 11.8. The molecule has 0 aliphatic heterocycles. The van der Waals surface area contributed by atoms with Gasteiger partial charge in [-0.2, -0.15) is 4.98 Å². The van der Waals surface area contributed by atoms with Gasteiger partial charge in [0.2, 0.25) is 5.76 Å². The van der Waals surface area contributed by atoms with E-state index in [4.69, 9.17) is 9.05 Å². The maximum Gasteiger partial charge on any atom is 0.298 e. The first-order valence-corrected chi connectivity index (χ1v) is 5.36. The summed E-state index contributed by atoms with van der Waals surface area (Å²) in [4.78, 5) is 5.95. The molecule has 0 aromatic carbocycles. The van der Waals surface area contributed by atoms with Crippen molar-refractivity contribution in [1.82, 2.24) is 15.3 Å². The van der Waals surface area contributed by atoms with Crippen molar-refractivity contribution in [3.8, 4) is 11.7 Å². The Morgan fingerprint density at radius 1 is 1.12 bits per heavy atom. The van der Waals surface area contributed by atoms with Crippen molar-refractivity contribution in [2.75, 3.05) is 19.0 Å². The molecule has 6 heteroatoms. The molecule has 17 heavy (non-hydrogen) atoms. The minimum atomic E-state index is -0.0633. The molecule has 0 unspecified atom stereocenters. The maximum atomic E-state index is 5.21. The summed E-state index contributed by atoms with van der Waals surface area (Å²) in [5, 5.41) is 7.82. The lowest BCUT2D eigenvalue weighted by molar-refractivity contribution is 0.373. The molecule has 2 rings (SSSR count). The summed E-state index contributed by atoms with van der Waals surface area (Å²) in [6.07, 6.45) is 0. The lowest BCUT2D eigenvalue weighted by Gasteiger charge is -2.12. The summed E-state index contributed by atoms with van der Waals surface area (Å²) in [5.41, 5.74) is 0.795. The first kappa shape index (κ1) is 11.6. The molecule has 0 bridgehead atoms. The third kappa shape index (κ3) is 2.30. The molecule has 6 nitrogen and oxygen atoms in total. The summed E-state index contributed by atoms with van der Waals surface area (Å²) in [6.45, 7) is 6.19. The molecule has 0 aliphatic rings. The van der Waals surface area contributed by atoms with Gasteiger partial charge in [0.25, 0.3) is 11.8 Å². The Kier molecular flexibility index (Phi) is 2.65. The molecule has 2 aromatic heterocycles. The molecule has 0 aliphatic carbocycles. The number of nitrogens with zero attached hydrogens (tertiary/aromatic N) is 4. The van der Waals surface area contributed by atoms with Crippen molar-refractivity contribution in [2.45, 2.75) is 26.2 Å². The number of hydrogen-bond donors (Lipinski definition) is 0. The molecule has 0 fully saturated rings. The molecule has 0 N–H and O–H groups in total. The predicted octanol–water partition coefficient (Wildman–Crippen LogP) is 2.09. The number of rotatable bonds is 2. The van der Waals surface area contributed by atoms with Crippen LogP contribution in [-0.4, -0.2) is 29.4 Å². The van der Waals surface area contributed by atoms with Crippen LogP contribution in [0, 0.1) is 0 Å². The van der Waals surface area contributed by atoms with Crippen molar-refractivity contribution >= 4 is 5.95 Å². The third-order valence-electron chi connectivity index (χ3n) is 2.30. The van der Waals surface area contributed by atoms with Gasteiger partial charge in [0.15, 0.2) is 0 Å². The Hall–Kier alpha value is -1.85. The zero-order valence-corrected chi connectivity index (χ0v) is 10.7. The summed E-state index contributed by atoms with van der Waals surface area (Å²) in [7, 11) is 3.69. The van der Waals surface area contributed by atoms with Gasteiger partial charge >= 0.3 is 0 Å². The molecule has 0 radical (unpaired) electrons. The second-order valence-electron chi connectivity index (χ2n) is 5.12. The molecule has 0 amide bonds. The van der Waals surface area contributed by atoms with Crippen molar-refractivity contribution < 1.29 is 9.05 Å². The maximum absolute atomic E-state index is 5.21. The van der Waals surface area contributed by atoms with Crippen molar-refractivity contribution in [2.24, 2.45) is 0 Å². The van der Waals surface area contributed by atoms with Crippen LogP contribution in [-0.2, 0) is 5.41 Å². The first-order chi connectivity index (χ1) is 7.88. The topological polar surface area (TPSA) is 68.2 Å². The van der Waals surface area contributed by atoms with E-state index in [2.05, 4.69) is 36.1 Å². The van der Waals surface area contributed by atoms with Gasteiger partial charge in [0.05, 0.1) is 5.69 Å². The second-order valence-corrected chi connectivity index (χ2v) is 5.12. The lowest BCUT2D eigenvalue weighted by Crippen LogP contribution is -2.10. The molecule has 0 saturated heterocycles. The fraction of sp³-hybridized carbons (Fsp3) is 0.545. The monoisotopic (exact) mass is 236 g/mol. The van der Waals surface area contributed by atoms with E-state index in [1.54, 1.807) is 4.90 Å². The van der Waals surface area contributed by atoms with E-state index in [0.717, 1.165) is 5.69 Å². The summed E-state index contributed by atoms with van der Waals surface area (Å²) < 4.78 is 10.3. The lowest BCUT2D eigenvalue weighted by atomic mass is 9.92. The van der Waals surface area contributed by atoms with Gasteiger partial charge in [-0.1, -0.05) is 25.9 Å². The highest BCUT2D eigenvalue weighted by Gasteiger charge is 2.22. The van der Waals surface area contributed by atoms with Crippen molar-refractivity contribution in [3.05, 3.63) is 11.8 Å². The molecular weight excluding hydrogens is 220 g/mol. The van der Waals surface area contributed by atoms with Crippen LogP contribution >= 0.6 is 0 Å². The van der Waals surface area contributed by atoms with Gasteiger partial charge in [0, 0.05) is 25.6 Å². The molecule has 2 aromatic rings. The Morgan fingerprint density at radius 2 is 1.82 bits per heavy atom. The SMILES string of the molecule is CN(C)c1noc(-c2cc(C(C)(C)C)no2)n1. The fourth-order valence-corrected chi connectivity index (χ4v) is 1.23. The first-order valence-electron chi connectivity index (χ1n) is 5.36. The summed E-state index contributed by atoms with van der Waals surface area (Å²) in [6, 6.07) is 1.83. The summed E-state index contributed by atoms with van der Waals surface area (Å²) in [5.74, 6) is 1.35. The van der Waals surface area contributed by atoms with Crippen molar-refractivity contribution in [3.63, 3.8) is 0 Å². The van der Waals surface area contributed by atoms with Gasteiger partial charge in [0.1, 0.15) is 0 Å². The zero-order valence-electron chi connectivity index (χ0n) is 10.7. The van der Waals surface area contributed by atoms with Gasteiger partial charge in [-0.3, -0.25) is 0 Å². The highest BCUT2D eigenvalue weighted by molar-refractivity contribution is 5.47. The minimum absolute atomic E-state index is 0.0633. The molecule has 2 heterocycles. The molecule has 0 saturated carbocycles. The third-order valence-corrected chi connectivity index (χ3v) is 2.30. The largest absolute Gasteiger partial charge is 0.351 e. The molecular formula is C11H16N4O2. The number of hydrogen-bond acceptors (Lipinski definition) is 6. The fourth-order valence-electron chi connectivity index (χ4n) is 1.23. The average molecular weight is 236 g/mol. The van der Waals surface area contributed by atoms with E-state index in [1.807, 2.05) is 20.2 Å². The van der Waals surface area contributed by atoms with Gasteiger partial charge in [-0.05, 0) is 5.16 Å². The van der Waals surface area contributed by atoms with E-state index < -0.39 is 0 Å².